The van der Waals surface area contributed by atoms with Gasteiger partial charge >= 0.3 is 0 Å². The summed E-state index contributed by atoms with van der Waals surface area (Å²) in [6.07, 6.45) is 3.22. The number of benzene rings is 3. The van der Waals surface area contributed by atoms with Crippen molar-refractivity contribution in [3.05, 3.63) is 133 Å². The maximum Gasteiger partial charge on any atom is 0.268 e. The number of hydrogen-bond acceptors (Lipinski definition) is 14. The molecule has 0 radical (unpaired) electrons. The first-order valence-electron chi connectivity index (χ1n) is 22.8. The van der Waals surface area contributed by atoms with Crippen molar-refractivity contribution in [3.63, 3.8) is 0 Å². The van der Waals surface area contributed by atoms with Crippen LogP contribution < -0.4 is 9.80 Å². The summed E-state index contributed by atoms with van der Waals surface area (Å²) in [5.41, 5.74) is 2.85. The minimum Gasteiger partial charge on any atom is -0.377 e. The van der Waals surface area contributed by atoms with E-state index in [1.807, 2.05) is 68.9 Å². The van der Waals surface area contributed by atoms with Crippen molar-refractivity contribution < 1.29 is 47.7 Å². The van der Waals surface area contributed by atoms with Crippen LogP contribution >= 0.6 is 0 Å². The molecular weight excluding hydrogens is 1130 g/mol. The average Bonchev–Trinajstić information content (AvgIpc) is 4.15. The molecule has 382 valence electrons. The fourth-order valence-corrected chi connectivity index (χ4v) is 10.4. The zero-order valence-electron chi connectivity index (χ0n) is 41.0. The van der Waals surface area contributed by atoms with E-state index in [4.69, 9.17) is 29.4 Å². The van der Waals surface area contributed by atoms with Crippen molar-refractivity contribution in [1.29, 1.82) is 0 Å². The van der Waals surface area contributed by atoms with Crippen LogP contribution in [0.25, 0.3) is 56.2 Å². The van der Waals surface area contributed by atoms with Crippen molar-refractivity contribution in [2.75, 3.05) is 49.3 Å². The zero-order chi connectivity index (χ0) is 49.0. The maximum absolute atomic E-state index is 15.2. The topological polar surface area (TPSA) is 193 Å². The SMILES string of the molecule is C.Cc1ccc(S(=O)(=O)n2ccc3c(-c4nc(N5CCOC[C@H]5C)cc(-n5c(C)nnc5C)n4)cc(F)cc32)cc1.Cc1nnc(C)n1-c1cc(N2CCOC[C@H]2C)nc(-c2cc(F)cc3[nH]ccc23)n1.[CH3-].[W]. The van der Waals surface area contributed by atoms with Crippen LogP contribution in [0, 0.1) is 53.7 Å². The summed E-state index contributed by atoms with van der Waals surface area (Å²) in [4.78, 5) is 26.8. The van der Waals surface area contributed by atoms with E-state index in [2.05, 4.69) is 42.1 Å². The molecule has 1 N–H and O–H groups in total. The van der Waals surface area contributed by atoms with Gasteiger partial charge in [0.25, 0.3) is 10.0 Å². The number of nitrogens with zero attached hydrogens (tertiary/aromatic N) is 13. The van der Waals surface area contributed by atoms with E-state index >= 15 is 4.39 Å². The van der Waals surface area contributed by atoms with Gasteiger partial charge in [-0.25, -0.2) is 41.1 Å². The minimum absolute atomic E-state index is 0. The molecule has 9 aromatic rings. The third kappa shape index (κ3) is 10.4. The third-order valence-corrected chi connectivity index (χ3v) is 14.3. The summed E-state index contributed by atoms with van der Waals surface area (Å²) in [6, 6.07) is 19.6. The Hall–Kier alpha value is -6.80. The zero-order valence-corrected chi connectivity index (χ0v) is 44.7. The summed E-state index contributed by atoms with van der Waals surface area (Å²) in [5.74, 6) is 5.11. The van der Waals surface area contributed by atoms with Gasteiger partial charge in [-0.15, -0.1) is 20.4 Å². The van der Waals surface area contributed by atoms with Gasteiger partial charge in [-0.05, 0) is 97.0 Å². The van der Waals surface area contributed by atoms with Crippen LogP contribution in [0.5, 0.6) is 0 Å². The number of fused-ring (bicyclic) bond motifs is 2. The summed E-state index contributed by atoms with van der Waals surface area (Å²) < 4.78 is 72.6. The minimum atomic E-state index is -3.98. The summed E-state index contributed by atoms with van der Waals surface area (Å²) in [7, 11) is -3.98. The molecule has 2 atom stereocenters. The van der Waals surface area contributed by atoms with Gasteiger partial charge < -0.3 is 31.7 Å². The van der Waals surface area contributed by atoms with E-state index in [1.165, 1.54) is 30.5 Å². The number of ether oxygens (including phenoxy) is 2. The van der Waals surface area contributed by atoms with Gasteiger partial charge in [0.2, 0.25) is 0 Å². The van der Waals surface area contributed by atoms with Gasteiger partial charge in [-0.2, -0.15) is 0 Å². The molecule has 0 unspecified atom stereocenters. The molecule has 3 aromatic carbocycles. The van der Waals surface area contributed by atoms with Gasteiger partial charge in [0.05, 0.1) is 48.9 Å². The van der Waals surface area contributed by atoms with Gasteiger partial charge in [-0.3, -0.25) is 9.13 Å². The normalized spacial score (nSPS) is 15.8. The predicted octanol–water partition coefficient (Wildman–Crippen LogP) is 8.48. The summed E-state index contributed by atoms with van der Waals surface area (Å²) in [5, 5.41) is 18.0. The van der Waals surface area contributed by atoms with Crippen molar-refractivity contribution in [2.45, 2.75) is 72.9 Å². The second-order valence-electron chi connectivity index (χ2n) is 17.5. The second-order valence-corrected chi connectivity index (χ2v) is 19.3. The Morgan fingerprint density at radius 2 is 1.08 bits per heavy atom. The molecule has 73 heavy (non-hydrogen) atoms. The number of H-pyrrole nitrogens is 1. The monoisotopic (exact) mass is 1180 g/mol. The average molecular weight is 1180 g/mol. The second kappa shape index (κ2) is 21.7. The van der Waals surface area contributed by atoms with Gasteiger partial charge in [0, 0.05) is 86.1 Å². The van der Waals surface area contributed by atoms with Crippen LogP contribution in [0.15, 0.2) is 90.1 Å². The summed E-state index contributed by atoms with van der Waals surface area (Å²) in [6.45, 7) is 17.1. The van der Waals surface area contributed by atoms with Crippen LogP contribution in [0.4, 0.5) is 20.4 Å². The van der Waals surface area contributed by atoms with Gasteiger partial charge in [0.1, 0.15) is 58.2 Å². The van der Waals surface area contributed by atoms with E-state index in [9.17, 15) is 12.8 Å². The number of nitrogens with one attached hydrogen (secondary N) is 1. The van der Waals surface area contributed by atoms with E-state index < -0.39 is 15.8 Å². The molecule has 0 spiro atoms. The van der Waals surface area contributed by atoms with Crippen molar-refractivity contribution >= 4 is 43.5 Å². The van der Waals surface area contributed by atoms with Crippen LogP contribution in [-0.4, -0.2) is 118 Å². The molecule has 2 fully saturated rings. The Balaban J connectivity index is 0.000000213. The fourth-order valence-electron chi connectivity index (χ4n) is 9.06. The Morgan fingerprint density at radius 3 is 1.58 bits per heavy atom. The van der Waals surface area contributed by atoms with Gasteiger partial charge in [0.15, 0.2) is 11.6 Å². The molecule has 18 nitrogen and oxygen atoms in total. The number of rotatable bonds is 8. The molecule has 2 saturated heterocycles. The number of anilines is 2. The molecule has 6 aromatic heterocycles. The Kier molecular flexibility index (Phi) is 16.1. The fraction of sp³-hybridized carbons (Fsp3) is 0.314. The first-order chi connectivity index (χ1) is 33.6. The Morgan fingerprint density at radius 1 is 0.616 bits per heavy atom. The number of hydrogen-bond donors (Lipinski definition) is 1. The molecule has 11 rings (SSSR count). The standard InChI is InChI=1S/C28H28FN7O3S.C21H22FN7O.CH4.CH3.W/c1-17-5-7-22(8-6-17)40(37,38)35-10-9-23-24(13-21(29)14-25(23)35)28-30-26(34-11-12-39-16-18(34)2)15-27(31-28)36-19(3)32-33-20(36)4;1-12-11-30-7-6-28(12)19-10-20(29-13(2)26-27-14(29)3)25-21(24-19)17-8-15(22)9-18-16(17)4-5-23-18;;;/h5-10,13-15,18H,11-12,16H2,1-4H3;4-5,8-10,12,23H,6-7,11H2,1-3H3;1H4;1H3;/q;;;-1;/t18-;12-;;;/m11.../s1. The number of aryl methyl sites for hydroxylation is 5. The van der Waals surface area contributed by atoms with E-state index in [-0.39, 0.29) is 70.1 Å². The Bertz CT molecular complexity index is 3500. The maximum atomic E-state index is 15.2. The van der Waals surface area contributed by atoms with Crippen LogP contribution in [0.1, 0.15) is 50.1 Å². The van der Waals surface area contributed by atoms with Crippen molar-refractivity contribution in [1.82, 2.24) is 58.4 Å². The molecule has 2 aliphatic rings. The number of aromatic nitrogens is 12. The van der Waals surface area contributed by atoms with Gasteiger partial charge in [-0.1, -0.05) is 25.1 Å². The quantitative estimate of drug-likeness (QED) is 0.142. The first kappa shape index (κ1) is 54.0. The Labute approximate surface area is 437 Å². The van der Waals surface area contributed by atoms with Crippen molar-refractivity contribution in [3.8, 4) is 34.4 Å². The van der Waals surface area contributed by atoms with Crippen LogP contribution in [-0.2, 0) is 40.6 Å². The smallest absolute Gasteiger partial charge is 0.268 e. The molecule has 2 aliphatic heterocycles. The summed E-state index contributed by atoms with van der Waals surface area (Å²) >= 11 is 0. The van der Waals surface area contributed by atoms with Crippen LogP contribution in [0.2, 0.25) is 0 Å². The molecule has 0 amide bonds. The molecule has 0 aliphatic carbocycles. The third-order valence-electron chi connectivity index (χ3n) is 12.6. The van der Waals surface area contributed by atoms with E-state index in [1.54, 1.807) is 36.5 Å². The molecular formula is C51H57F2N14O4SW-. The van der Waals surface area contributed by atoms with Crippen molar-refractivity contribution in [2.24, 2.45) is 0 Å². The number of aromatic amines is 1. The molecule has 0 saturated carbocycles. The number of halogens is 2. The molecule has 8 heterocycles. The van der Waals surface area contributed by atoms with E-state index in [0.29, 0.717) is 89.9 Å². The molecule has 22 heteroatoms. The first-order valence-corrected chi connectivity index (χ1v) is 24.2. The predicted molar refractivity (Wildman–Crippen MR) is 273 cm³/mol. The van der Waals surface area contributed by atoms with Crippen LogP contribution in [0.3, 0.4) is 0 Å². The number of morpholine rings is 2. The van der Waals surface area contributed by atoms with E-state index in [0.717, 1.165) is 38.9 Å². The largest absolute Gasteiger partial charge is 0.377 e. The molecule has 0 bridgehead atoms.